The van der Waals surface area contributed by atoms with Crippen LogP contribution in [0.5, 0.6) is 0 Å². The van der Waals surface area contributed by atoms with Gasteiger partial charge < -0.3 is 24.1 Å². The Morgan fingerprint density at radius 1 is 1.12 bits per heavy atom. The summed E-state index contributed by atoms with van der Waals surface area (Å²) < 4.78 is 16.3. The molecule has 1 amide bonds. The molecule has 0 unspecified atom stereocenters. The number of fused-ring (bicyclic) bond motifs is 4. The van der Waals surface area contributed by atoms with E-state index < -0.39 is 5.41 Å². The number of anilines is 1. The molecule has 0 saturated carbocycles. The summed E-state index contributed by atoms with van der Waals surface area (Å²) in [5, 5.41) is 5.47. The SMILES string of the molecule is COCCN1C(=O)C(COC)(COC)c2cc3[nH]c4c(c3cc21)CCC/C(C)=C/N/N=C/4. The monoisotopic (exact) mass is 440 g/mol. The zero-order valence-corrected chi connectivity index (χ0v) is 19.3. The van der Waals surface area contributed by atoms with Crippen molar-refractivity contribution < 1.29 is 19.0 Å². The average molecular weight is 441 g/mol. The van der Waals surface area contributed by atoms with Crippen molar-refractivity contribution in [2.24, 2.45) is 5.10 Å². The third-order valence-electron chi connectivity index (χ3n) is 6.39. The third kappa shape index (κ3) is 3.83. The Hall–Kier alpha value is -2.68. The molecule has 0 fully saturated rings. The second-order valence-electron chi connectivity index (χ2n) is 8.56. The number of H-pyrrole nitrogens is 1. The molecule has 172 valence electrons. The number of amides is 1. The maximum Gasteiger partial charge on any atom is 0.242 e. The summed E-state index contributed by atoms with van der Waals surface area (Å²) in [5.74, 6) is -0.0106. The predicted octanol–water partition coefficient (Wildman–Crippen LogP) is 2.86. The molecule has 2 N–H and O–H groups in total. The lowest BCUT2D eigenvalue weighted by Crippen LogP contribution is -2.47. The number of hydrogen-bond donors (Lipinski definition) is 2. The number of methoxy groups -OCH3 is 3. The summed E-state index contributed by atoms with van der Waals surface area (Å²) >= 11 is 0. The van der Waals surface area contributed by atoms with Gasteiger partial charge in [0, 0.05) is 50.7 Å². The number of aromatic amines is 1. The lowest BCUT2D eigenvalue weighted by atomic mass is 9.82. The number of carbonyl (C=O) groups excluding carboxylic acids is 1. The van der Waals surface area contributed by atoms with E-state index >= 15 is 0 Å². The zero-order chi connectivity index (χ0) is 22.7. The van der Waals surface area contributed by atoms with E-state index in [9.17, 15) is 4.79 Å². The molecule has 0 saturated heterocycles. The Morgan fingerprint density at radius 2 is 1.91 bits per heavy atom. The van der Waals surface area contributed by atoms with Crippen LogP contribution in [-0.2, 0) is 30.8 Å². The van der Waals surface area contributed by atoms with Crippen molar-refractivity contribution in [2.45, 2.75) is 31.6 Å². The minimum Gasteiger partial charge on any atom is -0.383 e. The molecule has 2 aromatic rings. The molecule has 0 bridgehead atoms. The number of allylic oxidation sites excluding steroid dienone is 1. The lowest BCUT2D eigenvalue weighted by molar-refractivity contribution is -0.127. The number of aromatic nitrogens is 1. The van der Waals surface area contributed by atoms with Gasteiger partial charge in [-0.3, -0.25) is 10.2 Å². The number of benzene rings is 1. The van der Waals surface area contributed by atoms with Crippen molar-refractivity contribution in [3.8, 4) is 0 Å². The number of aryl methyl sites for hydroxylation is 1. The van der Waals surface area contributed by atoms with Crippen LogP contribution in [0.15, 0.2) is 29.0 Å². The fourth-order valence-corrected chi connectivity index (χ4v) is 4.86. The molecular formula is C24H32N4O4. The minimum atomic E-state index is -0.883. The Kier molecular flexibility index (Phi) is 6.64. The zero-order valence-electron chi connectivity index (χ0n) is 19.3. The minimum absolute atomic E-state index is 0.0106. The Balaban J connectivity index is 1.87. The molecule has 8 nitrogen and oxygen atoms in total. The van der Waals surface area contributed by atoms with Gasteiger partial charge in [0.2, 0.25) is 5.91 Å². The smallest absolute Gasteiger partial charge is 0.242 e. The molecule has 8 heteroatoms. The Morgan fingerprint density at radius 3 is 2.62 bits per heavy atom. The molecule has 2 aliphatic heterocycles. The highest BCUT2D eigenvalue weighted by molar-refractivity contribution is 6.11. The van der Waals surface area contributed by atoms with E-state index in [0.29, 0.717) is 13.2 Å². The van der Waals surface area contributed by atoms with Gasteiger partial charge in [0.1, 0.15) is 5.41 Å². The van der Waals surface area contributed by atoms with Gasteiger partial charge in [-0.05, 0) is 49.4 Å². The summed E-state index contributed by atoms with van der Waals surface area (Å²) in [4.78, 5) is 19.0. The highest BCUT2D eigenvalue weighted by Crippen LogP contribution is 2.45. The molecule has 32 heavy (non-hydrogen) atoms. The van der Waals surface area contributed by atoms with Crippen molar-refractivity contribution in [1.82, 2.24) is 10.4 Å². The maximum atomic E-state index is 13.6. The van der Waals surface area contributed by atoms with Crippen LogP contribution >= 0.6 is 0 Å². The lowest BCUT2D eigenvalue weighted by Gasteiger charge is -2.27. The second-order valence-corrected chi connectivity index (χ2v) is 8.56. The van der Waals surface area contributed by atoms with E-state index in [0.717, 1.165) is 47.1 Å². The van der Waals surface area contributed by atoms with E-state index in [-0.39, 0.29) is 19.1 Å². The second kappa shape index (κ2) is 9.44. The fourth-order valence-electron chi connectivity index (χ4n) is 4.86. The van der Waals surface area contributed by atoms with Crippen LogP contribution in [0.4, 0.5) is 5.69 Å². The van der Waals surface area contributed by atoms with Crippen molar-refractivity contribution in [3.05, 3.63) is 40.7 Å². The molecule has 4 rings (SSSR count). The van der Waals surface area contributed by atoms with Crippen LogP contribution in [0.1, 0.15) is 36.6 Å². The number of carbonyl (C=O) groups is 1. The van der Waals surface area contributed by atoms with Gasteiger partial charge in [-0.25, -0.2) is 0 Å². The van der Waals surface area contributed by atoms with Gasteiger partial charge in [0.15, 0.2) is 0 Å². The first-order valence-electron chi connectivity index (χ1n) is 11.0. The van der Waals surface area contributed by atoms with Crippen LogP contribution in [-0.4, -0.2) is 64.8 Å². The first kappa shape index (κ1) is 22.5. The molecule has 0 atom stereocenters. The largest absolute Gasteiger partial charge is 0.383 e. The molecule has 0 spiro atoms. The van der Waals surface area contributed by atoms with Gasteiger partial charge in [-0.15, -0.1) is 0 Å². The van der Waals surface area contributed by atoms with Gasteiger partial charge in [0.05, 0.1) is 31.7 Å². The van der Waals surface area contributed by atoms with E-state index in [2.05, 4.69) is 34.6 Å². The molecule has 0 radical (unpaired) electrons. The summed E-state index contributed by atoms with van der Waals surface area (Å²) in [6.45, 7) is 3.54. The normalized spacial score (nSPS) is 20.4. The molecule has 1 aromatic heterocycles. The van der Waals surface area contributed by atoms with Crippen LogP contribution in [0.3, 0.4) is 0 Å². The van der Waals surface area contributed by atoms with Crippen LogP contribution < -0.4 is 10.3 Å². The summed E-state index contributed by atoms with van der Waals surface area (Å²) in [7, 11) is 4.88. The molecule has 0 aliphatic carbocycles. The van der Waals surface area contributed by atoms with Crippen molar-refractivity contribution in [2.75, 3.05) is 52.6 Å². The Labute approximate surface area is 188 Å². The highest BCUT2D eigenvalue weighted by atomic mass is 16.5. The maximum absolute atomic E-state index is 13.6. The van der Waals surface area contributed by atoms with E-state index in [4.69, 9.17) is 14.2 Å². The van der Waals surface area contributed by atoms with Gasteiger partial charge in [-0.1, -0.05) is 5.57 Å². The summed E-state index contributed by atoms with van der Waals surface area (Å²) in [6.07, 6.45) is 6.75. The number of ether oxygens (including phenoxy) is 3. The van der Waals surface area contributed by atoms with Crippen LogP contribution in [0, 0.1) is 0 Å². The summed E-state index contributed by atoms with van der Waals surface area (Å²) in [6, 6.07) is 4.22. The van der Waals surface area contributed by atoms with Crippen molar-refractivity contribution >= 4 is 28.7 Å². The van der Waals surface area contributed by atoms with E-state index in [1.807, 2.05) is 17.3 Å². The number of nitrogens with zero attached hydrogens (tertiary/aromatic N) is 2. The molecule has 1 aromatic carbocycles. The first-order valence-corrected chi connectivity index (χ1v) is 11.0. The van der Waals surface area contributed by atoms with E-state index in [1.54, 1.807) is 21.3 Å². The summed E-state index contributed by atoms with van der Waals surface area (Å²) in [5.41, 5.74) is 8.41. The van der Waals surface area contributed by atoms with Crippen molar-refractivity contribution in [1.29, 1.82) is 0 Å². The quantitative estimate of drug-likeness (QED) is 0.691. The highest BCUT2D eigenvalue weighted by Gasteiger charge is 2.51. The number of rotatable bonds is 7. The number of nitrogens with one attached hydrogen (secondary N) is 2. The molecular weight excluding hydrogens is 408 g/mol. The predicted molar refractivity (Wildman–Crippen MR) is 125 cm³/mol. The van der Waals surface area contributed by atoms with Crippen LogP contribution in [0.25, 0.3) is 10.9 Å². The number of hydrogen-bond acceptors (Lipinski definition) is 6. The molecule has 3 heterocycles. The molecule has 2 aliphatic rings. The third-order valence-corrected chi connectivity index (χ3v) is 6.39. The van der Waals surface area contributed by atoms with Crippen molar-refractivity contribution in [3.63, 3.8) is 0 Å². The van der Waals surface area contributed by atoms with Crippen LogP contribution in [0.2, 0.25) is 0 Å². The van der Waals surface area contributed by atoms with E-state index in [1.165, 1.54) is 11.1 Å². The average Bonchev–Trinajstić information content (AvgIpc) is 3.22. The van der Waals surface area contributed by atoms with Gasteiger partial charge in [0.25, 0.3) is 0 Å². The van der Waals surface area contributed by atoms with Gasteiger partial charge in [-0.2, -0.15) is 5.10 Å². The Bertz CT molecular complexity index is 1050. The fraction of sp³-hybridized carbons (Fsp3) is 0.500. The topological polar surface area (TPSA) is 88.2 Å². The first-order chi connectivity index (χ1) is 15.6. The number of hydrazone groups is 1. The van der Waals surface area contributed by atoms with Gasteiger partial charge >= 0.3 is 0 Å². The standard InChI is InChI=1S/C24H32N4O4/c1-16-6-5-7-17-18-10-22-19(11-20(18)27-21(17)13-26-25-12-16)24(14-31-3,15-32-4)23(29)28(22)8-9-30-2/h10-13,25,27H,5-9,14-15H2,1-4H3/b16-12+,26-13+.